The van der Waals surface area contributed by atoms with Crippen LogP contribution in [0.15, 0.2) is 18.2 Å². The second-order valence-corrected chi connectivity index (χ2v) is 8.55. The van der Waals surface area contributed by atoms with E-state index in [2.05, 4.69) is 40.3 Å². The van der Waals surface area contributed by atoms with Crippen molar-refractivity contribution in [3.05, 3.63) is 23.8 Å². The molecule has 1 aromatic heterocycles. The third-order valence-corrected chi connectivity index (χ3v) is 6.50. The molecule has 0 radical (unpaired) electrons. The van der Waals surface area contributed by atoms with Gasteiger partial charge < -0.3 is 19.9 Å². The molecule has 0 saturated carbocycles. The molecule has 2 aliphatic rings. The fraction of sp³-hybridized carbons (Fsp3) is 0.550. The van der Waals surface area contributed by atoms with Gasteiger partial charge in [-0.05, 0) is 44.4 Å². The predicted molar refractivity (Wildman–Crippen MR) is 110 cm³/mol. The molecule has 1 aromatic carbocycles. The zero-order valence-corrected chi connectivity index (χ0v) is 17.1. The van der Waals surface area contributed by atoms with E-state index in [-0.39, 0.29) is 24.0 Å². The average Bonchev–Trinajstić information content (AvgIpc) is 3.03. The number of fused-ring (bicyclic) bond motifs is 1. The lowest BCUT2D eigenvalue weighted by atomic mass is 9.98. The Morgan fingerprint density at radius 3 is 2.75 bits per heavy atom. The zero-order chi connectivity index (χ0) is 19.7. The van der Waals surface area contributed by atoms with E-state index in [1.807, 2.05) is 6.92 Å². The summed E-state index contributed by atoms with van der Waals surface area (Å²) in [5.74, 6) is 0.125. The van der Waals surface area contributed by atoms with Crippen LogP contribution in [0.4, 0.5) is 9.93 Å². The Morgan fingerprint density at radius 1 is 1.29 bits per heavy atom. The number of carbonyl (C=O) groups excluding carboxylic acids is 2. The first-order valence-electron chi connectivity index (χ1n) is 9.87. The number of benzene rings is 1. The molecule has 0 spiro atoms. The van der Waals surface area contributed by atoms with Crippen LogP contribution in [0.5, 0.6) is 0 Å². The van der Waals surface area contributed by atoms with Crippen LogP contribution in [0.25, 0.3) is 10.2 Å². The molecule has 7 nitrogen and oxygen atoms in total. The molecule has 1 N–H and O–H groups in total. The van der Waals surface area contributed by atoms with E-state index < -0.39 is 0 Å². The van der Waals surface area contributed by atoms with Crippen molar-refractivity contribution in [2.45, 2.75) is 32.7 Å². The van der Waals surface area contributed by atoms with Crippen LogP contribution in [0, 0.1) is 12.8 Å². The maximum Gasteiger partial charge on any atom is 0.409 e. The van der Waals surface area contributed by atoms with Gasteiger partial charge in [0.05, 0.1) is 22.7 Å². The Morgan fingerprint density at radius 2 is 2.04 bits per heavy atom. The van der Waals surface area contributed by atoms with Gasteiger partial charge in [-0.2, -0.15) is 0 Å². The van der Waals surface area contributed by atoms with Gasteiger partial charge in [0.2, 0.25) is 5.91 Å². The highest BCUT2D eigenvalue weighted by atomic mass is 32.1. The van der Waals surface area contributed by atoms with Crippen molar-refractivity contribution in [3.63, 3.8) is 0 Å². The van der Waals surface area contributed by atoms with Crippen molar-refractivity contribution in [1.29, 1.82) is 0 Å². The van der Waals surface area contributed by atoms with Crippen molar-refractivity contribution in [2.75, 3.05) is 37.7 Å². The molecule has 2 fully saturated rings. The summed E-state index contributed by atoms with van der Waals surface area (Å²) in [5, 5.41) is 4.15. The van der Waals surface area contributed by atoms with E-state index in [0.717, 1.165) is 23.5 Å². The summed E-state index contributed by atoms with van der Waals surface area (Å²) < 4.78 is 6.22. The number of likely N-dealkylation sites (tertiary alicyclic amines) is 1. The van der Waals surface area contributed by atoms with Crippen LogP contribution in [0.1, 0.15) is 25.3 Å². The molecular formula is C20H26N4O3S. The predicted octanol–water partition coefficient (Wildman–Crippen LogP) is 2.78. The highest BCUT2D eigenvalue weighted by Gasteiger charge is 2.36. The van der Waals surface area contributed by atoms with Crippen molar-refractivity contribution in [3.8, 4) is 0 Å². The topological polar surface area (TPSA) is 74.8 Å². The summed E-state index contributed by atoms with van der Waals surface area (Å²) in [5.41, 5.74) is 2.25. The molecular weight excluding hydrogens is 376 g/mol. The number of nitrogens with zero attached hydrogens (tertiary/aromatic N) is 3. The molecule has 0 aliphatic carbocycles. The van der Waals surface area contributed by atoms with Crippen LogP contribution < -0.4 is 10.2 Å². The normalized spacial score (nSPS) is 18.2. The number of thiazole rings is 1. The summed E-state index contributed by atoms with van der Waals surface area (Å²) in [4.78, 5) is 32.9. The smallest absolute Gasteiger partial charge is 0.409 e. The Bertz CT molecular complexity index is 869. The van der Waals surface area contributed by atoms with Gasteiger partial charge in [-0.15, -0.1) is 0 Å². The van der Waals surface area contributed by atoms with E-state index >= 15 is 0 Å². The third kappa shape index (κ3) is 3.92. The first-order chi connectivity index (χ1) is 13.5. The van der Waals surface area contributed by atoms with Crippen LogP contribution in [0.3, 0.4) is 0 Å². The first-order valence-corrected chi connectivity index (χ1v) is 10.7. The van der Waals surface area contributed by atoms with E-state index in [0.29, 0.717) is 32.8 Å². The highest BCUT2D eigenvalue weighted by Crippen LogP contribution is 2.33. The van der Waals surface area contributed by atoms with Crippen LogP contribution in [-0.4, -0.2) is 60.7 Å². The minimum absolute atomic E-state index is 0.0110. The molecule has 2 amide bonds. The third-order valence-electron chi connectivity index (χ3n) is 5.42. The Hall–Kier alpha value is -2.35. The summed E-state index contributed by atoms with van der Waals surface area (Å²) in [6.07, 6.45) is 1.30. The van der Waals surface area contributed by atoms with Gasteiger partial charge >= 0.3 is 6.09 Å². The molecule has 2 saturated heterocycles. The molecule has 0 bridgehead atoms. The fourth-order valence-electron chi connectivity index (χ4n) is 3.70. The average molecular weight is 403 g/mol. The number of carbonyl (C=O) groups is 2. The number of nitrogens with one attached hydrogen (secondary N) is 1. The summed E-state index contributed by atoms with van der Waals surface area (Å²) in [6, 6.07) is 6.42. The number of rotatable bonds is 4. The number of amides is 2. The molecule has 4 rings (SSSR count). The number of aryl methyl sites for hydroxylation is 1. The molecule has 28 heavy (non-hydrogen) atoms. The molecule has 8 heteroatoms. The van der Waals surface area contributed by atoms with Crippen molar-refractivity contribution >= 4 is 38.7 Å². The van der Waals surface area contributed by atoms with Crippen molar-refractivity contribution in [1.82, 2.24) is 15.2 Å². The maximum absolute atomic E-state index is 12.5. The second-order valence-electron chi connectivity index (χ2n) is 7.54. The van der Waals surface area contributed by atoms with E-state index in [1.54, 1.807) is 16.2 Å². The van der Waals surface area contributed by atoms with E-state index in [4.69, 9.17) is 4.74 Å². The molecule has 150 valence electrons. The summed E-state index contributed by atoms with van der Waals surface area (Å²) >= 11 is 1.69. The van der Waals surface area contributed by atoms with E-state index in [1.165, 1.54) is 10.3 Å². The Balaban J connectivity index is 1.24. The number of ether oxygens (including phenoxy) is 1. The SMILES string of the molecule is CCOC(=O)N1CCC(NC(=O)C2CN(c3nc4ccc(C)cc4s3)C2)CC1. The minimum atomic E-state index is -0.257. The number of hydrogen-bond donors (Lipinski definition) is 1. The van der Waals surface area contributed by atoms with Gasteiger partial charge in [-0.25, -0.2) is 9.78 Å². The lowest BCUT2D eigenvalue weighted by Crippen LogP contribution is -2.56. The van der Waals surface area contributed by atoms with Gasteiger partial charge in [-0.3, -0.25) is 4.79 Å². The van der Waals surface area contributed by atoms with E-state index in [9.17, 15) is 9.59 Å². The van der Waals surface area contributed by atoms with Crippen LogP contribution >= 0.6 is 11.3 Å². The van der Waals surface area contributed by atoms with Gasteiger partial charge in [0.25, 0.3) is 0 Å². The Labute approximate surface area is 168 Å². The summed E-state index contributed by atoms with van der Waals surface area (Å²) in [7, 11) is 0. The lowest BCUT2D eigenvalue weighted by Gasteiger charge is -2.39. The van der Waals surface area contributed by atoms with Gasteiger partial charge in [0, 0.05) is 32.2 Å². The fourth-order valence-corrected chi connectivity index (χ4v) is 4.78. The molecule has 2 aliphatic heterocycles. The summed E-state index contributed by atoms with van der Waals surface area (Å²) in [6.45, 7) is 6.97. The first kappa shape index (κ1) is 19.0. The standard InChI is InChI=1S/C20H26N4O3S/c1-3-27-20(26)23-8-6-15(7-9-23)21-18(25)14-11-24(12-14)19-22-16-5-4-13(2)10-17(16)28-19/h4-5,10,14-15H,3,6-9,11-12H2,1-2H3,(H,21,25). The van der Waals surface area contributed by atoms with Crippen LogP contribution in [0.2, 0.25) is 0 Å². The quantitative estimate of drug-likeness (QED) is 0.851. The Kier molecular flexibility index (Phi) is 5.39. The molecule has 3 heterocycles. The molecule has 0 atom stereocenters. The zero-order valence-electron chi connectivity index (χ0n) is 16.3. The number of piperidine rings is 1. The maximum atomic E-state index is 12.5. The number of aromatic nitrogens is 1. The largest absolute Gasteiger partial charge is 0.450 e. The number of hydrogen-bond acceptors (Lipinski definition) is 6. The van der Waals surface area contributed by atoms with Gasteiger partial charge in [0.1, 0.15) is 0 Å². The van der Waals surface area contributed by atoms with Crippen LogP contribution in [-0.2, 0) is 9.53 Å². The van der Waals surface area contributed by atoms with Gasteiger partial charge in [0.15, 0.2) is 5.13 Å². The molecule has 2 aromatic rings. The van der Waals surface area contributed by atoms with Gasteiger partial charge in [-0.1, -0.05) is 17.4 Å². The molecule has 0 unspecified atom stereocenters. The van der Waals surface area contributed by atoms with Crippen molar-refractivity contribution in [2.24, 2.45) is 5.92 Å². The minimum Gasteiger partial charge on any atom is -0.450 e. The van der Waals surface area contributed by atoms with Crippen molar-refractivity contribution < 1.29 is 14.3 Å². The highest BCUT2D eigenvalue weighted by molar-refractivity contribution is 7.22. The monoisotopic (exact) mass is 402 g/mol. The number of anilines is 1. The second kappa shape index (κ2) is 7.95. The lowest BCUT2D eigenvalue weighted by molar-refractivity contribution is -0.126.